The summed E-state index contributed by atoms with van der Waals surface area (Å²) >= 11 is 0. The lowest BCUT2D eigenvalue weighted by Gasteiger charge is -2.26. The third-order valence-corrected chi connectivity index (χ3v) is 2.89. The van der Waals surface area contributed by atoms with E-state index in [0.29, 0.717) is 26.1 Å². The molecule has 1 aliphatic rings. The summed E-state index contributed by atoms with van der Waals surface area (Å²) in [5.41, 5.74) is 0.557. The van der Waals surface area contributed by atoms with Crippen molar-refractivity contribution >= 4 is 12.1 Å². The lowest BCUT2D eigenvalue weighted by Crippen LogP contribution is -2.37. The van der Waals surface area contributed by atoms with Crippen LogP contribution in [0.4, 0.5) is 4.79 Å². The van der Waals surface area contributed by atoms with Crippen LogP contribution in [0.5, 0.6) is 0 Å². The molecule has 0 aliphatic carbocycles. The summed E-state index contributed by atoms with van der Waals surface area (Å²) in [4.78, 5) is 25.1. The Morgan fingerprint density at radius 2 is 1.95 bits per heavy atom. The van der Waals surface area contributed by atoms with Gasteiger partial charge in [-0.15, -0.1) is 0 Å². The number of carbonyl (C=O) groups is 2. The van der Waals surface area contributed by atoms with Gasteiger partial charge in [0.1, 0.15) is 5.60 Å². The quantitative estimate of drug-likeness (QED) is 0.577. The standard InChI is InChI=1S/C15H25NO4/c1-5-19-13(17)11-12-7-6-9-16(10-8-12)14(18)20-15(2,3)4/h11H,5-10H2,1-4H3/b12-11-. The number of hydrogen-bond donors (Lipinski definition) is 0. The third kappa shape index (κ3) is 6.08. The highest BCUT2D eigenvalue weighted by atomic mass is 16.6. The number of esters is 1. The molecule has 0 aromatic heterocycles. The Kier molecular flexibility index (Phi) is 6.05. The van der Waals surface area contributed by atoms with Gasteiger partial charge < -0.3 is 14.4 Å². The van der Waals surface area contributed by atoms with Crippen LogP contribution in [-0.2, 0) is 14.3 Å². The van der Waals surface area contributed by atoms with Gasteiger partial charge in [0.25, 0.3) is 0 Å². The van der Waals surface area contributed by atoms with Crippen LogP contribution in [-0.4, -0.2) is 42.3 Å². The van der Waals surface area contributed by atoms with E-state index in [1.165, 1.54) is 0 Å². The van der Waals surface area contributed by atoms with Gasteiger partial charge in [0.05, 0.1) is 6.61 Å². The zero-order valence-electron chi connectivity index (χ0n) is 12.9. The molecule has 0 atom stereocenters. The average molecular weight is 283 g/mol. The first-order chi connectivity index (χ1) is 9.31. The van der Waals surface area contributed by atoms with Gasteiger partial charge in [-0.2, -0.15) is 0 Å². The number of rotatable bonds is 2. The normalized spacial score (nSPS) is 18.6. The molecule has 0 radical (unpaired) electrons. The van der Waals surface area contributed by atoms with E-state index in [4.69, 9.17) is 9.47 Å². The molecule has 0 bridgehead atoms. The first-order valence-electron chi connectivity index (χ1n) is 7.16. The molecule has 0 aromatic rings. The molecule has 0 N–H and O–H groups in total. The molecular formula is C15H25NO4. The van der Waals surface area contributed by atoms with Crippen molar-refractivity contribution in [2.45, 2.75) is 52.6 Å². The molecule has 20 heavy (non-hydrogen) atoms. The highest BCUT2D eigenvalue weighted by Gasteiger charge is 2.23. The number of amides is 1. The zero-order chi connectivity index (χ0) is 15.2. The van der Waals surface area contributed by atoms with E-state index < -0.39 is 5.60 Å². The lowest BCUT2D eigenvalue weighted by atomic mass is 10.1. The van der Waals surface area contributed by atoms with Gasteiger partial charge in [-0.1, -0.05) is 5.57 Å². The molecule has 0 saturated carbocycles. The van der Waals surface area contributed by atoms with Crippen LogP contribution in [0.2, 0.25) is 0 Å². The molecule has 5 heteroatoms. The first kappa shape index (κ1) is 16.5. The predicted octanol–water partition coefficient (Wildman–Crippen LogP) is 2.90. The monoisotopic (exact) mass is 283 g/mol. The summed E-state index contributed by atoms with van der Waals surface area (Å²) in [7, 11) is 0. The van der Waals surface area contributed by atoms with Gasteiger partial charge in [0.2, 0.25) is 0 Å². The molecule has 1 amide bonds. The van der Waals surface area contributed by atoms with Gasteiger partial charge in [-0.3, -0.25) is 0 Å². The third-order valence-electron chi connectivity index (χ3n) is 2.89. The lowest BCUT2D eigenvalue weighted by molar-refractivity contribution is -0.137. The number of hydrogen-bond acceptors (Lipinski definition) is 4. The Morgan fingerprint density at radius 3 is 2.55 bits per heavy atom. The number of nitrogens with zero attached hydrogens (tertiary/aromatic N) is 1. The van der Waals surface area contributed by atoms with Crippen molar-refractivity contribution in [1.82, 2.24) is 4.90 Å². The van der Waals surface area contributed by atoms with Gasteiger partial charge in [0, 0.05) is 19.2 Å². The number of likely N-dealkylation sites (tertiary alicyclic amines) is 1. The van der Waals surface area contributed by atoms with Crippen molar-refractivity contribution in [3.63, 3.8) is 0 Å². The van der Waals surface area contributed by atoms with Crippen molar-refractivity contribution in [3.05, 3.63) is 11.6 Å². The van der Waals surface area contributed by atoms with E-state index >= 15 is 0 Å². The number of ether oxygens (including phenoxy) is 2. The molecule has 0 unspecified atom stereocenters. The molecule has 0 aromatic carbocycles. The maximum Gasteiger partial charge on any atom is 0.410 e. The maximum absolute atomic E-state index is 12.0. The molecule has 1 fully saturated rings. The van der Waals surface area contributed by atoms with E-state index in [1.807, 2.05) is 20.8 Å². The highest BCUT2D eigenvalue weighted by molar-refractivity contribution is 5.82. The Morgan fingerprint density at radius 1 is 1.25 bits per heavy atom. The molecule has 114 valence electrons. The minimum absolute atomic E-state index is 0.283. The minimum atomic E-state index is -0.479. The van der Waals surface area contributed by atoms with Gasteiger partial charge in [-0.25, -0.2) is 9.59 Å². The topological polar surface area (TPSA) is 55.8 Å². The maximum atomic E-state index is 12.0. The van der Waals surface area contributed by atoms with Gasteiger partial charge in [0.15, 0.2) is 0 Å². The smallest absolute Gasteiger partial charge is 0.410 e. The zero-order valence-corrected chi connectivity index (χ0v) is 12.9. The van der Waals surface area contributed by atoms with E-state index in [-0.39, 0.29) is 12.1 Å². The second kappa shape index (κ2) is 7.31. The van der Waals surface area contributed by atoms with Crippen molar-refractivity contribution in [3.8, 4) is 0 Å². The van der Waals surface area contributed by atoms with Crippen molar-refractivity contribution < 1.29 is 19.1 Å². The summed E-state index contributed by atoms with van der Waals surface area (Å²) in [6.07, 6.45) is 3.62. The molecule has 1 rings (SSSR count). The summed E-state index contributed by atoms with van der Waals surface area (Å²) in [6, 6.07) is 0. The Balaban J connectivity index is 2.55. The minimum Gasteiger partial charge on any atom is -0.463 e. The van der Waals surface area contributed by atoms with Gasteiger partial charge in [-0.05, 0) is 47.0 Å². The predicted molar refractivity (Wildman–Crippen MR) is 76.4 cm³/mol. The van der Waals surface area contributed by atoms with Crippen LogP contribution in [0.15, 0.2) is 11.6 Å². The van der Waals surface area contributed by atoms with E-state index in [0.717, 1.165) is 18.4 Å². The molecule has 1 aliphatic heterocycles. The Labute approximate surface area is 120 Å². The molecular weight excluding hydrogens is 258 g/mol. The van der Waals surface area contributed by atoms with E-state index in [1.54, 1.807) is 17.9 Å². The molecule has 0 spiro atoms. The van der Waals surface area contributed by atoms with Crippen LogP contribution in [0.25, 0.3) is 0 Å². The fourth-order valence-electron chi connectivity index (χ4n) is 2.02. The fourth-order valence-corrected chi connectivity index (χ4v) is 2.02. The molecule has 1 heterocycles. The fraction of sp³-hybridized carbons (Fsp3) is 0.733. The summed E-state index contributed by atoms with van der Waals surface area (Å²) in [5.74, 6) is -0.298. The van der Waals surface area contributed by atoms with Crippen LogP contribution in [0.1, 0.15) is 47.0 Å². The first-order valence-corrected chi connectivity index (χ1v) is 7.16. The summed E-state index contributed by atoms with van der Waals surface area (Å²) < 4.78 is 10.3. The SMILES string of the molecule is CCOC(=O)/C=C1/CCCN(C(=O)OC(C)(C)C)CC1. The molecule has 5 nitrogen and oxygen atoms in total. The van der Waals surface area contributed by atoms with Gasteiger partial charge >= 0.3 is 12.1 Å². The van der Waals surface area contributed by atoms with Crippen LogP contribution < -0.4 is 0 Å². The second-order valence-corrected chi connectivity index (χ2v) is 5.88. The highest BCUT2D eigenvalue weighted by Crippen LogP contribution is 2.19. The largest absolute Gasteiger partial charge is 0.463 e. The second-order valence-electron chi connectivity index (χ2n) is 5.88. The van der Waals surface area contributed by atoms with Crippen LogP contribution in [0.3, 0.4) is 0 Å². The summed E-state index contributed by atoms with van der Waals surface area (Å²) in [6.45, 7) is 8.98. The van der Waals surface area contributed by atoms with Crippen molar-refractivity contribution in [1.29, 1.82) is 0 Å². The average Bonchev–Trinajstić information content (AvgIpc) is 2.52. The number of carbonyl (C=O) groups excluding carboxylic acids is 2. The Bertz CT molecular complexity index is 382. The van der Waals surface area contributed by atoms with E-state index in [9.17, 15) is 9.59 Å². The summed E-state index contributed by atoms with van der Waals surface area (Å²) in [5, 5.41) is 0. The van der Waals surface area contributed by atoms with E-state index in [2.05, 4.69) is 0 Å². The molecule has 1 saturated heterocycles. The Hall–Kier alpha value is -1.52. The van der Waals surface area contributed by atoms with Crippen molar-refractivity contribution in [2.24, 2.45) is 0 Å². The van der Waals surface area contributed by atoms with Crippen LogP contribution >= 0.6 is 0 Å². The van der Waals surface area contributed by atoms with Crippen molar-refractivity contribution in [2.75, 3.05) is 19.7 Å². The van der Waals surface area contributed by atoms with Crippen LogP contribution in [0, 0.1) is 0 Å².